The molecule has 0 spiro atoms. The number of benzene rings is 2. The molecule has 0 radical (unpaired) electrons. The molecule has 0 fully saturated rings. The summed E-state index contributed by atoms with van der Waals surface area (Å²) in [4.78, 5) is 16.9. The molecule has 1 N–H and O–H groups in total. The van der Waals surface area contributed by atoms with E-state index in [0.29, 0.717) is 46.8 Å². The van der Waals surface area contributed by atoms with Crippen LogP contribution in [0.4, 0.5) is 4.39 Å². The molecule has 2 aromatic carbocycles. The zero-order valence-corrected chi connectivity index (χ0v) is 14.2. The van der Waals surface area contributed by atoms with Crippen LogP contribution in [-0.2, 0) is 0 Å². The average Bonchev–Trinajstić information content (AvgIpc) is 2.65. The molecule has 3 aromatic rings. The minimum absolute atomic E-state index is 0.247. The Balaban J connectivity index is 1.46. The summed E-state index contributed by atoms with van der Waals surface area (Å²) >= 11 is 0. The van der Waals surface area contributed by atoms with Gasteiger partial charge in [-0.3, -0.25) is 9.78 Å². The van der Waals surface area contributed by atoms with Crippen molar-refractivity contribution in [2.75, 3.05) is 13.2 Å². The average molecular weight is 352 g/mol. The highest BCUT2D eigenvalue weighted by atomic mass is 19.1. The lowest BCUT2D eigenvalue weighted by Gasteiger charge is -2.26. The minimum atomic E-state index is -0.351. The lowest BCUT2D eigenvalue weighted by atomic mass is 10.1. The Bertz CT molecular complexity index is 990. The van der Waals surface area contributed by atoms with E-state index >= 15 is 0 Å². The zero-order valence-electron chi connectivity index (χ0n) is 14.2. The lowest BCUT2D eigenvalue weighted by molar-refractivity contribution is 0.0788. The van der Waals surface area contributed by atoms with Crippen molar-refractivity contribution in [1.29, 1.82) is 0 Å². The van der Waals surface area contributed by atoms with Gasteiger partial charge >= 0.3 is 0 Å². The number of pyridine rings is 1. The molecule has 0 bridgehead atoms. The van der Waals surface area contributed by atoms with E-state index in [4.69, 9.17) is 9.47 Å². The SMILES string of the molecule is Cc1nc2cc(F)ccc2cc1C(=O)NC[C@H]1COc2ccccc2O1. The number of halogens is 1. The van der Waals surface area contributed by atoms with Crippen molar-refractivity contribution in [3.05, 3.63) is 65.6 Å². The van der Waals surface area contributed by atoms with E-state index in [9.17, 15) is 9.18 Å². The van der Waals surface area contributed by atoms with Gasteiger partial charge in [0.2, 0.25) is 0 Å². The molecular formula is C20H17FN2O3. The van der Waals surface area contributed by atoms with E-state index in [1.54, 1.807) is 19.1 Å². The summed E-state index contributed by atoms with van der Waals surface area (Å²) < 4.78 is 24.8. The highest BCUT2D eigenvalue weighted by molar-refractivity contribution is 5.98. The molecule has 2 heterocycles. The Morgan fingerprint density at radius 1 is 1.23 bits per heavy atom. The van der Waals surface area contributed by atoms with Crippen LogP contribution < -0.4 is 14.8 Å². The molecule has 1 aliphatic rings. The molecule has 4 rings (SSSR count). The predicted octanol–water partition coefficient (Wildman–Crippen LogP) is 3.25. The summed E-state index contributed by atoms with van der Waals surface area (Å²) in [6.45, 7) is 2.41. The number of aryl methyl sites for hydroxylation is 1. The minimum Gasteiger partial charge on any atom is -0.486 e. The van der Waals surface area contributed by atoms with E-state index < -0.39 is 0 Å². The Hall–Kier alpha value is -3.15. The Kier molecular flexibility index (Phi) is 4.16. The van der Waals surface area contributed by atoms with Crippen LogP contribution in [0.15, 0.2) is 48.5 Å². The van der Waals surface area contributed by atoms with Crippen LogP contribution in [0, 0.1) is 12.7 Å². The fourth-order valence-electron chi connectivity index (χ4n) is 2.93. The number of para-hydroxylation sites is 2. The third-order valence-electron chi connectivity index (χ3n) is 4.27. The molecule has 0 unspecified atom stereocenters. The van der Waals surface area contributed by atoms with Gasteiger partial charge in [0.15, 0.2) is 11.5 Å². The van der Waals surface area contributed by atoms with Gasteiger partial charge in [-0.25, -0.2) is 4.39 Å². The summed E-state index contributed by atoms with van der Waals surface area (Å²) in [6, 6.07) is 13.5. The highest BCUT2D eigenvalue weighted by Gasteiger charge is 2.22. The molecule has 0 saturated heterocycles. The number of aromatic nitrogens is 1. The monoisotopic (exact) mass is 352 g/mol. The van der Waals surface area contributed by atoms with Crippen LogP contribution in [0.25, 0.3) is 10.9 Å². The van der Waals surface area contributed by atoms with E-state index in [0.717, 1.165) is 0 Å². The van der Waals surface area contributed by atoms with Crippen molar-refractivity contribution in [3.8, 4) is 11.5 Å². The number of carbonyl (C=O) groups is 1. The molecule has 5 nitrogen and oxygen atoms in total. The summed E-state index contributed by atoms with van der Waals surface area (Å²) in [7, 11) is 0. The quantitative estimate of drug-likeness (QED) is 0.786. The van der Waals surface area contributed by atoms with Crippen LogP contribution in [-0.4, -0.2) is 30.1 Å². The second-order valence-electron chi connectivity index (χ2n) is 6.17. The molecule has 1 amide bonds. The molecular weight excluding hydrogens is 335 g/mol. The fourth-order valence-corrected chi connectivity index (χ4v) is 2.93. The maximum atomic E-state index is 13.3. The smallest absolute Gasteiger partial charge is 0.253 e. The molecule has 1 atom stereocenters. The van der Waals surface area contributed by atoms with Gasteiger partial charge in [0.05, 0.1) is 23.3 Å². The predicted molar refractivity (Wildman–Crippen MR) is 95.1 cm³/mol. The third kappa shape index (κ3) is 3.18. The van der Waals surface area contributed by atoms with Gasteiger partial charge in [0.25, 0.3) is 5.91 Å². The summed E-state index contributed by atoms with van der Waals surface area (Å²) in [6.07, 6.45) is -0.267. The second-order valence-corrected chi connectivity index (χ2v) is 6.17. The molecule has 1 aliphatic heterocycles. The van der Waals surface area contributed by atoms with Crippen molar-refractivity contribution >= 4 is 16.8 Å². The number of nitrogens with one attached hydrogen (secondary N) is 1. The number of carbonyl (C=O) groups excluding carboxylic acids is 1. The van der Waals surface area contributed by atoms with E-state index in [1.807, 2.05) is 24.3 Å². The van der Waals surface area contributed by atoms with Crippen molar-refractivity contribution in [3.63, 3.8) is 0 Å². The van der Waals surface area contributed by atoms with Crippen LogP contribution >= 0.6 is 0 Å². The number of hydrogen-bond donors (Lipinski definition) is 1. The van der Waals surface area contributed by atoms with Crippen LogP contribution in [0.2, 0.25) is 0 Å². The first-order valence-corrected chi connectivity index (χ1v) is 8.34. The topological polar surface area (TPSA) is 60.5 Å². The molecule has 0 aliphatic carbocycles. The molecule has 0 saturated carbocycles. The van der Waals surface area contributed by atoms with Crippen molar-refractivity contribution in [2.45, 2.75) is 13.0 Å². The Morgan fingerprint density at radius 2 is 2.04 bits per heavy atom. The summed E-state index contributed by atoms with van der Waals surface area (Å²) in [5.41, 5.74) is 1.53. The first-order valence-electron chi connectivity index (χ1n) is 8.34. The van der Waals surface area contributed by atoms with E-state index in [-0.39, 0.29) is 17.8 Å². The Morgan fingerprint density at radius 3 is 2.88 bits per heavy atom. The summed E-state index contributed by atoms with van der Waals surface area (Å²) in [5, 5.41) is 3.57. The van der Waals surface area contributed by atoms with Crippen molar-refractivity contribution < 1.29 is 18.7 Å². The normalized spacial score (nSPS) is 15.7. The van der Waals surface area contributed by atoms with Gasteiger partial charge in [-0.1, -0.05) is 12.1 Å². The van der Waals surface area contributed by atoms with Gasteiger partial charge < -0.3 is 14.8 Å². The lowest BCUT2D eigenvalue weighted by Crippen LogP contribution is -2.40. The van der Waals surface area contributed by atoms with E-state index in [1.165, 1.54) is 12.1 Å². The number of hydrogen-bond acceptors (Lipinski definition) is 4. The standard InChI is InChI=1S/C20H17FN2O3/c1-12-16(8-13-6-7-14(21)9-17(13)23-12)20(24)22-10-15-11-25-18-4-2-3-5-19(18)26-15/h2-9,15H,10-11H2,1H3,(H,22,24)/t15-/m0/s1. The molecule has 26 heavy (non-hydrogen) atoms. The van der Waals surface area contributed by atoms with Crippen LogP contribution in [0.1, 0.15) is 16.1 Å². The van der Waals surface area contributed by atoms with Gasteiger partial charge in [-0.2, -0.15) is 0 Å². The number of rotatable bonds is 3. The molecule has 132 valence electrons. The van der Waals surface area contributed by atoms with Gasteiger partial charge in [0.1, 0.15) is 18.5 Å². The second kappa shape index (κ2) is 6.63. The maximum absolute atomic E-state index is 13.3. The number of nitrogens with zero attached hydrogens (tertiary/aromatic N) is 1. The molecule has 6 heteroatoms. The van der Waals surface area contributed by atoms with Gasteiger partial charge in [-0.05, 0) is 37.3 Å². The fraction of sp³-hybridized carbons (Fsp3) is 0.200. The largest absolute Gasteiger partial charge is 0.486 e. The van der Waals surface area contributed by atoms with Crippen molar-refractivity contribution in [2.24, 2.45) is 0 Å². The first-order chi connectivity index (χ1) is 12.6. The number of ether oxygens (including phenoxy) is 2. The van der Waals surface area contributed by atoms with Gasteiger partial charge in [-0.15, -0.1) is 0 Å². The Labute approximate surface area is 149 Å². The van der Waals surface area contributed by atoms with Crippen molar-refractivity contribution in [1.82, 2.24) is 10.3 Å². The van der Waals surface area contributed by atoms with Gasteiger partial charge in [0, 0.05) is 11.5 Å². The van der Waals surface area contributed by atoms with Crippen LogP contribution in [0.5, 0.6) is 11.5 Å². The van der Waals surface area contributed by atoms with E-state index in [2.05, 4.69) is 10.3 Å². The molecule has 1 aromatic heterocycles. The summed E-state index contributed by atoms with van der Waals surface area (Å²) in [5.74, 6) is 0.778. The number of fused-ring (bicyclic) bond motifs is 2. The maximum Gasteiger partial charge on any atom is 0.253 e. The third-order valence-corrected chi connectivity index (χ3v) is 4.27. The highest BCUT2D eigenvalue weighted by Crippen LogP contribution is 2.30. The zero-order chi connectivity index (χ0) is 18.1. The van der Waals surface area contributed by atoms with Crippen LogP contribution in [0.3, 0.4) is 0 Å². The number of amides is 1. The first kappa shape index (κ1) is 16.3.